The van der Waals surface area contributed by atoms with Gasteiger partial charge in [-0.3, -0.25) is 38.4 Å². The van der Waals surface area contributed by atoms with Gasteiger partial charge in [-0.25, -0.2) is 0 Å². The van der Waals surface area contributed by atoms with Crippen molar-refractivity contribution < 1.29 is 48.2 Å². The van der Waals surface area contributed by atoms with E-state index in [2.05, 4.69) is 21.3 Å². The molecule has 1 saturated heterocycles. The van der Waals surface area contributed by atoms with E-state index in [1.807, 2.05) is 30.3 Å². The number of ketones is 1. The number of likely N-dealkylation sites (tertiary alicyclic amines) is 1. The molecule has 5 unspecified atom stereocenters. The van der Waals surface area contributed by atoms with Gasteiger partial charge < -0.3 is 41.7 Å². The predicted molar refractivity (Wildman–Crippen MR) is 210 cm³/mol. The first-order valence-electron chi connectivity index (χ1n) is 19.1. The van der Waals surface area contributed by atoms with Gasteiger partial charge in [0.05, 0.1) is 31.7 Å². The SMILES string of the molecule is CCCC(NC(=O)C1CC(OCc2ccccc2)CN1C(=O)C(CCCC(=O)O)NC(=O)Cc1ccccc1)C(=O)C(=O)NCC(=O)NC(C(N)=O)c1ccccc1. The van der Waals surface area contributed by atoms with Crippen molar-refractivity contribution in [3.8, 4) is 0 Å². The summed E-state index contributed by atoms with van der Waals surface area (Å²) >= 11 is 0. The first kappa shape index (κ1) is 44.3. The predicted octanol–water partition coefficient (Wildman–Crippen LogP) is 1.47. The Morgan fingerprint density at radius 1 is 0.793 bits per heavy atom. The fourth-order valence-electron chi connectivity index (χ4n) is 6.55. The second kappa shape index (κ2) is 22.4. The molecule has 16 heteroatoms. The summed E-state index contributed by atoms with van der Waals surface area (Å²) in [5, 5.41) is 19.3. The number of hydrogen-bond donors (Lipinski definition) is 6. The lowest BCUT2D eigenvalue weighted by Gasteiger charge is -2.29. The molecule has 5 atom stereocenters. The van der Waals surface area contributed by atoms with Crippen LogP contribution in [0.5, 0.6) is 0 Å². The van der Waals surface area contributed by atoms with Gasteiger partial charge in [-0.2, -0.15) is 0 Å². The quantitative estimate of drug-likeness (QED) is 0.0800. The third kappa shape index (κ3) is 13.7. The van der Waals surface area contributed by atoms with E-state index in [1.54, 1.807) is 67.6 Å². The number of benzene rings is 3. The minimum atomic E-state index is -1.33. The lowest BCUT2D eigenvalue weighted by Crippen LogP contribution is -2.56. The van der Waals surface area contributed by atoms with Crippen molar-refractivity contribution >= 4 is 47.2 Å². The van der Waals surface area contributed by atoms with Crippen molar-refractivity contribution in [3.05, 3.63) is 108 Å². The van der Waals surface area contributed by atoms with Crippen LogP contribution in [0, 0.1) is 0 Å². The van der Waals surface area contributed by atoms with Crippen LogP contribution in [0.2, 0.25) is 0 Å². The molecule has 0 aromatic heterocycles. The van der Waals surface area contributed by atoms with E-state index in [0.29, 0.717) is 17.5 Å². The molecule has 16 nitrogen and oxygen atoms in total. The van der Waals surface area contributed by atoms with Crippen molar-refractivity contribution in [2.75, 3.05) is 13.1 Å². The van der Waals surface area contributed by atoms with E-state index in [9.17, 15) is 43.5 Å². The van der Waals surface area contributed by atoms with E-state index in [-0.39, 0.29) is 51.7 Å². The molecule has 3 aromatic carbocycles. The number of amides is 6. The lowest BCUT2D eigenvalue weighted by molar-refractivity contribution is -0.144. The molecule has 7 N–H and O–H groups in total. The lowest BCUT2D eigenvalue weighted by atomic mass is 10.0. The van der Waals surface area contributed by atoms with Crippen molar-refractivity contribution in [1.29, 1.82) is 0 Å². The third-order valence-corrected chi connectivity index (χ3v) is 9.47. The molecule has 0 spiro atoms. The number of ether oxygens (including phenoxy) is 1. The summed E-state index contributed by atoms with van der Waals surface area (Å²) in [7, 11) is 0. The van der Waals surface area contributed by atoms with Gasteiger partial charge in [0, 0.05) is 19.4 Å². The van der Waals surface area contributed by atoms with Crippen molar-refractivity contribution in [3.63, 3.8) is 0 Å². The van der Waals surface area contributed by atoms with Crippen LogP contribution in [0.4, 0.5) is 0 Å². The van der Waals surface area contributed by atoms with Crippen molar-refractivity contribution in [2.24, 2.45) is 5.73 Å². The number of rotatable bonds is 22. The maximum Gasteiger partial charge on any atom is 0.303 e. The van der Waals surface area contributed by atoms with E-state index >= 15 is 0 Å². The highest BCUT2D eigenvalue weighted by Gasteiger charge is 2.43. The van der Waals surface area contributed by atoms with Crippen LogP contribution in [0.3, 0.4) is 0 Å². The van der Waals surface area contributed by atoms with E-state index in [0.717, 1.165) is 5.56 Å². The molecular formula is C42H50N6O10. The van der Waals surface area contributed by atoms with Gasteiger partial charge in [0.15, 0.2) is 0 Å². The highest BCUT2D eigenvalue weighted by molar-refractivity contribution is 6.38. The van der Waals surface area contributed by atoms with E-state index in [4.69, 9.17) is 10.5 Å². The molecule has 0 bridgehead atoms. The zero-order valence-corrected chi connectivity index (χ0v) is 32.3. The molecule has 0 radical (unpaired) electrons. The number of aliphatic carboxylic acids is 1. The number of primary amides is 1. The van der Waals surface area contributed by atoms with Gasteiger partial charge in [-0.05, 0) is 36.0 Å². The van der Waals surface area contributed by atoms with Gasteiger partial charge in [-0.1, -0.05) is 104 Å². The fourth-order valence-corrected chi connectivity index (χ4v) is 6.55. The minimum absolute atomic E-state index is 0.0199. The monoisotopic (exact) mass is 798 g/mol. The Labute approximate surface area is 336 Å². The summed E-state index contributed by atoms with van der Waals surface area (Å²) in [6, 6.07) is 21.4. The molecule has 4 rings (SSSR count). The van der Waals surface area contributed by atoms with Crippen LogP contribution in [0.25, 0.3) is 0 Å². The second-order valence-electron chi connectivity index (χ2n) is 13.9. The number of carboxylic acid groups (broad SMARTS) is 1. The maximum absolute atomic E-state index is 14.3. The number of nitrogens with one attached hydrogen (secondary N) is 4. The number of carbonyl (C=O) groups is 8. The number of carboxylic acids is 1. The zero-order valence-electron chi connectivity index (χ0n) is 32.3. The van der Waals surface area contributed by atoms with Crippen LogP contribution in [-0.4, -0.2) is 94.5 Å². The molecule has 1 aliphatic rings. The molecule has 1 heterocycles. The van der Waals surface area contributed by atoms with Crippen LogP contribution >= 0.6 is 0 Å². The maximum atomic E-state index is 14.3. The molecule has 0 aliphatic carbocycles. The Kier molecular flexibility index (Phi) is 17.1. The number of hydrogen-bond acceptors (Lipinski definition) is 9. The highest BCUT2D eigenvalue weighted by atomic mass is 16.5. The first-order chi connectivity index (χ1) is 27.9. The summed E-state index contributed by atoms with van der Waals surface area (Å²) in [6.07, 6.45) is -0.462. The van der Waals surface area contributed by atoms with Gasteiger partial charge in [0.2, 0.25) is 35.3 Å². The van der Waals surface area contributed by atoms with E-state index < -0.39 is 84.0 Å². The summed E-state index contributed by atoms with van der Waals surface area (Å²) in [5.74, 6) is -6.75. The molecule has 1 aliphatic heterocycles. The summed E-state index contributed by atoms with van der Waals surface area (Å²) in [4.78, 5) is 105. The number of Topliss-reactive ketones (excluding diaryl/α,β-unsaturated/α-hetero) is 1. The van der Waals surface area contributed by atoms with Crippen LogP contribution in [-0.2, 0) is 56.1 Å². The Hall–Kier alpha value is -6.42. The second-order valence-corrected chi connectivity index (χ2v) is 13.9. The molecule has 58 heavy (non-hydrogen) atoms. The molecule has 3 aromatic rings. The molecule has 1 fully saturated rings. The van der Waals surface area contributed by atoms with E-state index in [1.165, 1.54) is 4.90 Å². The molecular weight excluding hydrogens is 748 g/mol. The van der Waals surface area contributed by atoms with Crippen LogP contribution in [0.15, 0.2) is 91.0 Å². The average molecular weight is 799 g/mol. The third-order valence-electron chi connectivity index (χ3n) is 9.47. The summed E-state index contributed by atoms with van der Waals surface area (Å²) < 4.78 is 6.13. The summed E-state index contributed by atoms with van der Waals surface area (Å²) in [5.41, 5.74) is 7.43. The smallest absolute Gasteiger partial charge is 0.303 e. The average Bonchev–Trinajstić information content (AvgIpc) is 3.65. The zero-order chi connectivity index (χ0) is 42.0. The van der Waals surface area contributed by atoms with Crippen molar-refractivity contribution in [2.45, 2.75) is 88.7 Å². The summed E-state index contributed by atoms with van der Waals surface area (Å²) in [6.45, 7) is 1.20. The number of nitrogens with zero attached hydrogens (tertiary/aromatic N) is 1. The highest BCUT2D eigenvalue weighted by Crippen LogP contribution is 2.24. The topological polar surface area (TPSA) is 243 Å². The normalized spacial score (nSPS) is 16.3. The van der Waals surface area contributed by atoms with Gasteiger partial charge in [0.1, 0.15) is 18.1 Å². The fraction of sp³-hybridized carbons (Fsp3) is 0.381. The number of carbonyl (C=O) groups excluding carboxylic acids is 7. The van der Waals surface area contributed by atoms with Gasteiger partial charge >= 0.3 is 5.97 Å². The molecule has 308 valence electrons. The first-order valence-corrected chi connectivity index (χ1v) is 19.1. The van der Waals surface area contributed by atoms with Crippen LogP contribution < -0.4 is 27.0 Å². The van der Waals surface area contributed by atoms with Crippen molar-refractivity contribution in [1.82, 2.24) is 26.2 Å². The largest absolute Gasteiger partial charge is 0.481 e. The van der Waals surface area contributed by atoms with Crippen LogP contribution in [0.1, 0.15) is 68.2 Å². The molecule has 6 amide bonds. The van der Waals surface area contributed by atoms with Gasteiger partial charge in [0.25, 0.3) is 5.91 Å². The number of nitrogens with two attached hydrogens (primary N) is 1. The van der Waals surface area contributed by atoms with Gasteiger partial charge in [-0.15, -0.1) is 0 Å². The minimum Gasteiger partial charge on any atom is -0.481 e. The Bertz CT molecular complexity index is 1900. The molecule has 0 saturated carbocycles. The Balaban J connectivity index is 1.48. The standard InChI is InChI=1S/C42H50N6O10/c1-2-13-31(38(53)41(56)44-24-35(50)47-37(39(43)54)29-18-10-5-11-19-29)46-40(55)33-23-30(58-26-28-16-8-4-9-17-28)25-48(33)42(57)32(20-12-21-36(51)52)45-34(49)22-27-14-6-3-7-15-27/h3-11,14-19,30-33,37H,2,12-13,20-26H2,1H3,(H2,43,54)(H,44,56)(H,45,49)(H,46,55)(H,47,50)(H,51,52). The Morgan fingerprint density at radius 2 is 1.41 bits per heavy atom. The Morgan fingerprint density at radius 3 is 2.02 bits per heavy atom.